The fraction of sp³-hybridized carbons (Fsp3) is 0.0526. The summed E-state index contributed by atoms with van der Waals surface area (Å²) in [6.07, 6.45) is 5.84. The molecule has 0 saturated heterocycles. The van der Waals surface area contributed by atoms with E-state index in [1.54, 1.807) is 36.8 Å². The van der Waals surface area contributed by atoms with Crippen LogP contribution in [0.2, 0.25) is 0 Å². The average Bonchev–Trinajstić information content (AvgIpc) is 3.20. The van der Waals surface area contributed by atoms with Crippen molar-refractivity contribution >= 4 is 0 Å². The highest BCUT2D eigenvalue weighted by Crippen LogP contribution is 2.20. The van der Waals surface area contributed by atoms with Gasteiger partial charge in [0.1, 0.15) is 0 Å². The van der Waals surface area contributed by atoms with E-state index in [0.717, 1.165) is 11.3 Å². The summed E-state index contributed by atoms with van der Waals surface area (Å²) in [5, 5.41) is 12.9. The van der Waals surface area contributed by atoms with Gasteiger partial charge in [0.25, 0.3) is 5.89 Å². The Kier molecular flexibility index (Phi) is 4.14. The molecule has 0 N–H and O–H groups in total. The molecule has 0 saturated carbocycles. The standard InChI is InChI=1S/C19H12N6O/c20-10-13-4-3-5-15(8-13)17-24-19(26-25-17)18-22-11-14(12-23-18)9-16-6-1-2-7-21-16/h1-8,11-12H,9H2. The van der Waals surface area contributed by atoms with Gasteiger partial charge in [0.15, 0.2) is 0 Å². The molecule has 124 valence electrons. The van der Waals surface area contributed by atoms with Crippen molar-refractivity contribution in [3.63, 3.8) is 0 Å². The summed E-state index contributed by atoms with van der Waals surface area (Å²) < 4.78 is 5.26. The Morgan fingerprint density at radius 2 is 1.85 bits per heavy atom. The van der Waals surface area contributed by atoms with Crippen LogP contribution in [0, 0.1) is 11.3 Å². The summed E-state index contributed by atoms with van der Waals surface area (Å²) in [7, 11) is 0. The Hall–Kier alpha value is -3.92. The summed E-state index contributed by atoms with van der Waals surface area (Å²) in [5.74, 6) is 0.968. The molecule has 0 amide bonds. The second-order valence-electron chi connectivity index (χ2n) is 5.53. The molecule has 26 heavy (non-hydrogen) atoms. The van der Waals surface area contributed by atoms with Crippen molar-refractivity contribution in [3.05, 3.63) is 77.9 Å². The summed E-state index contributed by atoms with van der Waals surface area (Å²) in [6.45, 7) is 0. The SMILES string of the molecule is N#Cc1cccc(-c2noc(-c3ncc(Cc4ccccn4)cn3)n2)c1. The number of aromatic nitrogens is 5. The fourth-order valence-corrected chi connectivity index (χ4v) is 2.43. The Morgan fingerprint density at radius 1 is 0.962 bits per heavy atom. The van der Waals surface area contributed by atoms with Crippen LogP contribution >= 0.6 is 0 Å². The highest BCUT2D eigenvalue weighted by Gasteiger charge is 2.13. The van der Waals surface area contributed by atoms with Crippen molar-refractivity contribution in [2.45, 2.75) is 6.42 Å². The van der Waals surface area contributed by atoms with Crippen LogP contribution in [0.25, 0.3) is 23.1 Å². The number of nitriles is 1. The Labute approximate surface area is 149 Å². The van der Waals surface area contributed by atoms with Crippen molar-refractivity contribution in [3.8, 4) is 29.2 Å². The summed E-state index contributed by atoms with van der Waals surface area (Å²) in [4.78, 5) is 17.2. The van der Waals surface area contributed by atoms with Crippen molar-refractivity contribution in [1.82, 2.24) is 25.1 Å². The van der Waals surface area contributed by atoms with E-state index in [9.17, 15) is 0 Å². The molecule has 0 aliphatic heterocycles. The molecule has 7 nitrogen and oxygen atoms in total. The Morgan fingerprint density at radius 3 is 2.62 bits per heavy atom. The zero-order valence-corrected chi connectivity index (χ0v) is 13.6. The largest absolute Gasteiger partial charge is 0.330 e. The molecule has 0 aliphatic rings. The molecule has 0 unspecified atom stereocenters. The maximum atomic E-state index is 8.99. The fourth-order valence-electron chi connectivity index (χ4n) is 2.43. The Bertz CT molecular complexity index is 1070. The molecule has 0 fully saturated rings. The molecule has 0 aliphatic carbocycles. The predicted molar refractivity (Wildman–Crippen MR) is 92.5 cm³/mol. The number of pyridine rings is 1. The van der Waals surface area contributed by atoms with Gasteiger partial charge in [-0.15, -0.1) is 0 Å². The minimum absolute atomic E-state index is 0.228. The maximum absolute atomic E-state index is 8.99. The van der Waals surface area contributed by atoms with Gasteiger partial charge in [0.05, 0.1) is 11.6 Å². The molecule has 4 aromatic rings. The first kappa shape index (κ1) is 15.6. The Balaban J connectivity index is 1.55. The molecule has 1 aromatic carbocycles. The van der Waals surface area contributed by atoms with E-state index in [2.05, 4.69) is 31.2 Å². The molecule has 0 radical (unpaired) electrons. The molecule has 3 aromatic heterocycles. The minimum atomic E-state index is 0.228. The first-order valence-corrected chi connectivity index (χ1v) is 7.87. The second kappa shape index (κ2) is 6.91. The molecule has 7 heteroatoms. The lowest BCUT2D eigenvalue weighted by Crippen LogP contribution is -1.95. The first-order chi connectivity index (χ1) is 12.8. The molecule has 0 atom stereocenters. The van der Waals surface area contributed by atoms with Crippen molar-refractivity contribution in [2.24, 2.45) is 0 Å². The van der Waals surface area contributed by atoms with Crippen LogP contribution in [-0.2, 0) is 6.42 Å². The number of nitrogens with zero attached hydrogens (tertiary/aromatic N) is 6. The van der Waals surface area contributed by atoms with Gasteiger partial charge in [-0.25, -0.2) is 9.97 Å². The molecule has 4 rings (SSSR count). The summed E-state index contributed by atoms with van der Waals surface area (Å²) >= 11 is 0. The van der Waals surface area contributed by atoms with E-state index in [0.29, 0.717) is 29.2 Å². The third kappa shape index (κ3) is 3.30. The van der Waals surface area contributed by atoms with Gasteiger partial charge in [-0.1, -0.05) is 23.4 Å². The van der Waals surface area contributed by atoms with Gasteiger partial charge in [0, 0.05) is 36.3 Å². The topological polar surface area (TPSA) is 101 Å². The molecule has 0 spiro atoms. The van der Waals surface area contributed by atoms with E-state index in [-0.39, 0.29) is 5.89 Å². The number of hydrogen-bond acceptors (Lipinski definition) is 7. The lowest BCUT2D eigenvalue weighted by molar-refractivity contribution is 0.429. The van der Waals surface area contributed by atoms with Gasteiger partial charge < -0.3 is 4.52 Å². The van der Waals surface area contributed by atoms with Gasteiger partial charge in [-0.05, 0) is 29.8 Å². The number of hydrogen-bond donors (Lipinski definition) is 0. The van der Waals surface area contributed by atoms with Crippen LogP contribution in [0.4, 0.5) is 0 Å². The average molecular weight is 340 g/mol. The number of benzene rings is 1. The van der Waals surface area contributed by atoms with E-state index in [4.69, 9.17) is 9.78 Å². The summed E-state index contributed by atoms with van der Waals surface area (Å²) in [5.41, 5.74) is 3.12. The van der Waals surface area contributed by atoms with E-state index in [1.165, 1.54) is 0 Å². The monoisotopic (exact) mass is 340 g/mol. The smallest absolute Gasteiger partial charge is 0.296 e. The highest BCUT2D eigenvalue weighted by molar-refractivity contribution is 5.59. The van der Waals surface area contributed by atoms with E-state index < -0.39 is 0 Å². The van der Waals surface area contributed by atoms with Gasteiger partial charge in [-0.2, -0.15) is 10.2 Å². The zero-order valence-electron chi connectivity index (χ0n) is 13.6. The normalized spacial score (nSPS) is 10.4. The van der Waals surface area contributed by atoms with Crippen LogP contribution in [0.1, 0.15) is 16.8 Å². The minimum Gasteiger partial charge on any atom is -0.330 e. The van der Waals surface area contributed by atoms with Crippen LogP contribution in [-0.4, -0.2) is 25.1 Å². The third-order valence-electron chi connectivity index (χ3n) is 3.68. The quantitative estimate of drug-likeness (QED) is 0.562. The lowest BCUT2D eigenvalue weighted by atomic mass is 10.1. The zero-order chi connectivity index (χ0) is 17.8. The van der Waals surface area contributed by atoms with E-state index in [1.807, 2.05) is 24.3 Å². The second-order valence-corrected chi connectivity index (χ2v) is 5.53. The first-order valence-electron chi connectivity index (χ1n) is 7.87. The van der Waals surface area contributed by atoms with Gasteiger partial charge in [0.2, 0.25) is 11.6 Å². The van der Waals surface area contributed by atoms with Gasteiger partial charge >= 0.3 is 0 Å². The maximum Gasteiger partial charge on any atom is 0.296 e. The van der Waals surface area contributed by atoms with Crippen LogP contribution in [0.3, 0.4) is 0 Å². The molecule has 0 bridgehead atoms. The van der Waals surface area contributed by atoms with Crippen molar-refractivity contribution in [2.75, 3.05) is 0 Å². The third-order valence-corrected chi connectivity index (χ3v) is 3.68. The molecular weight excluding hydrogens is 328 g/mol. The number of rotatable bonds is 4. The van der Waals surface area contributed by atoms with Crippen molar-refractivity contribution in [1.29, 1.82) is 5.26 Å². The van der Waals surface area contributed by atoms with E-state index >= 15 is 0 Å². The molecular formula is C19H12N6O. The van der Waals surface area contributed by atoms with Crippen LogP contribution < -0.4 is 0 Å². The molecule has 3 heterocycles. The summed E-state index contributed by atoms with van der Waals surface area (Å²) in [6, 6.07) is 14.9. The predicted octanol–water partition coefficient (Wildman–Crippen LogP) is 3.05. The van der Waals surface area contributed by atoms with Gasteiger partial charge in [-0.3, -0.25) is 4.98 Å². The highest BCUT2D eigenvalue weighted by atomic mass is 16.5. The van der Waals surface area contributed by atoms with Crippen LogP contribution in [0.5, 0.6) is 0 Å². The van der Waals surface area contributed by atoms with Crippen molar-refractivity contribution < 1.29 is 4.52 Å². The lowest BCUT2D eigenvalue weighted by Gasteiger charge is -2.00. The van der Waals surface area contributed by atoms with Crippen LogP contribution in [0.15, 0.2) is 65.6 Å².